The average molecular weight is 277 g/mol. The lowest BCUT2D eigenvalue weighted by molar-refractivity contribution is -0.151. The maximum Gasteiger partial charge on any atom is 0.338 e. The van der Waals surface area contributed by atoms with Gasteiger partial charge in [-0.3, -0.25) is 0 Å². The molecule has 0 saturated carbocycles. The van der Waals surface area contributed by atoms with Crippen LogP contribution in [-0.2, 0) is 19.0 Å². The van der Waals surface area contributed by atoms with Crippen LogP contribution < -0.4 is 0 Å². The number of carbonyl (C=O) groups is 1. The number of hydrogen-bond acceptors (Lipinski definition) is 4. The van der Waals surface area contributed by atoms with E-state index >= 15 is 0 Å². The number of methoxy groups -OCH3 is 1. The highest BCUT2D eigenvalue weighted by Crippen LogP contribution is 2.35. The molecule has 0 radical (unpaired) electrons. The van der Waals surface area contributed by atoms with Gasteiger partial charge in [0.1, 0.15) is 12.9 Å². The van der Waals surface area contributed by atoms with Crippen LogP contribution in [0.2, 0.25) is 10.0 Å². The van der Waals surface area contributed by atoms with Crippen LogP contribution in [0.5, 0.6) is 0 Å². The predicted molar refractivity (Wildman–Crippen MR) is 62.0 cm³/mol. The van der Waals surface area contributed by atoms with Crippen molar-refractivity contribution in [3.05, 3.63) is 33.8 Å². The van der Waals surface area contributed by atoms with Gasteiger partial charge >= 0.3 is 5.97 Å². The maximum atomic E-state index is 11.5. The van der Waals surface area contributed by atoms with Gasteiger partial charge in [-0.05, 0) is 12.1 Å². The zero-order valence-corrected chi connectivity index (χ0v) is 10.5. The molecule has 6 heteroatoms. The molecule has 0 unspecified atom stereocenters. The van der Waals surface area contributed by atoms with Crippen molar-refractivity contribution in [1.29, 1.82) is 0 Å². The highest BCUT2D eigenvalue weighted by molar-refractivity contribution is 6.35. The Hall–Kier alpha value is -0.810. The van der Waals surface area contributed by atoms with Crippen LogP contribution in [0.4, 0.5) is 0 Å². The molecule has 92 valence electrons. The van der Waals surface area contributed by atoms with Crippen LogP contribution in [0.3, 0.4) is 0 Å². The Morgan fingerprint density at radius 2 is 2.18 bits per heavy atom. The smallest absolute Gasteiger partial charge is 0.338 e. The first-order chi connectivity index (χ1) is 8.13. The summed E-state index contributed by atoms with van der Waals surface area (Å²) in [5, 5.41) is 0.953. The fraction of sp³-hybridized carbons (Fsp3) is 0.364. The van der Waals surface area contributed by atoms with E-state index in [1.807, 2.05) is 0 Å². The summed E-state index contributed by atoms with van der Waals surface area (Å²) in [6.45, 7) is 0.0311. The Labute approximate surface area is 108 Å². The van der Waals surface area contributed by atoms with Gasteiger partial charge < -0.3 is 14.2 Å². The van der Waals surface area contributed by atoms with Crippen LogP contribution in [-0.4, -0.2) is 26.0 Å². The van der Waals surface area contributed by atoms with E-state index in [2.05, 4.69) is 4.74 Å². The molecule has 1 heterocycles. The van der Waals surface area contributed by atoms with Gasteiger partial charge in [-0.25, -0.2) is 4.79 Å². The van der Waals surface area contributed by atoms with Crippen molar-refractivity contribution < 1.29 is 19.0 Å². The Morgan fingerprint density at radius 3 is 2.82 bits per heavy atom. The van der Waals surface area contributed by atoms with Crippen molar-refractivity contribution in [2.45, 2.75) is 12.2 Å². The van der Waals surface area contributed by atoms with Gasteiger partial charge in [-0.1, -0.05) is 29.3 Å². The summed E-state index contributed by atoms with van der Waals surface area (Å²) in [7, 11) is 1.30. The number of hydrogen-bond donors (Lipinski definition) is 0. The molecule has 0 spiro atoms. The van der Waals surface area contributed by atoms with Crippen LogP contribution in [0.1, 0.15) is 11.7 Å². The minimum Gasteiger partial charge on any atom is -0.467 e. The van der Waals surface area contributed by atoms with Crippen molar-refractivity contribution >= 4 is 29.2 Å². The van der Waals surface area contributed by atoms with Crippen molar-refractivity contribution in [2.24, 2.45) is 0 Å². The molecule has 1 aliphatic rings. The van der Waals surface area contributed by atoms with Gasteiger partial charge in [0.15, 0.2) is 6.10 Å². The van der Waals surface area contributed by atoms with Crippen LogP contribution >= 0.6 is 23.2 Å². The van der Waals surface area contributed by atoms with Crippen LogP contribution in [0.25, 0.3) is 0 Å². The number of rotatable bonds is 2. The second-order valence-corrected chi connectivity index (χ2v) is 4.33. The summed E-state index contributed by atoms with van der Waals surface area (Å²) in [6, 6.07) is 4.98. The van der Waals surface area contributed by atoms with Gasteiger partial charge in [0.05, 0.1) is 7.11 Å². The van der Waals surface area contributed by atoms with Gasteiger partial charge in [0.25, 0.3) is 0 Å². The monoisotopic (exact) mass is 276 g/mol. The summed E-state index contributed by atoms with van der Waals surface area (Å²) < 4.78 is 15.2. The van der Waals surface area contributed by atoms with Gasteiger partial charge in [0.2, 0.25) is 0 Å². The molecule has 1 aromatic rings. The van der Waals surface area contributed by atoms with Gasteiger partial charge in [0, 0.05) is 15.6 Å². The molecule has 1 aliphatic heterocycles. The highest BCUT2D eigenvalue weighted by atomic mass is 35.5. The highest BCUT2D eigenvalue weighted by Gasteiger charge is 2.38. The lowest BCUT2D eigenvalue weighted by Crippen LogP contribution is -2.27. The van der Waals surface area contributed by atoms with Gasteiger partial charge in [-0.15, -0.1) is 0 Å². The van der Waals surface area contributed by atoms with E-state index in [4.69, 9.17) is 32.7 Å². The summed E-state index contributed by atoms with van der Waals surface area (Å²) in [5.41, 5.74) is 0.656. The Bertz CT molecular complexity index is 435. The number of ether oxygens (including phenoxy) is 3. The molecule has 1 saturated heterocycles. The molecule has 0 N–H and O–H groups in total. The first kappa shape index (κ1) is 12.6. The molecule has 17 heavy (non-hydrogen) atoms. The molecule has 2 rings (SSSR count). The van der Waals surface area contributed by atoms with E-state index in [1.165, 1.54) is 7.11 Å². The normalized spacial score (nSPS) is 23.7. The number of halogens is 2. The molecular weight excluding hydrogens is 267 g/mol. The van der Waals surface area contributed by atoms with Crippen molar-refractivity contribution in [3.8, 4) is 0 Å². The summed E-state index contributed by atoms with van der Waals surface area (Å²) >= 11 is 11.9. The fourth-order valence-electron chi connectivity index (χ4n) is 1.65. The first-order valence-electron chi connectivity index (χ1n) is 4.89. The second kappa shape index (κ2) is 5.23. The molecular formula is C11H10Cl2O4. The summed E-state index contributed by atoms with van der Waals surface area (Å²) in [6.07, 6.45) is -1.36. The van der Waals surface area contributed by atoms with Gasteiger partial charge in [-0.2, -0.15) is 0 Å². The summed E-state index contributed by atoms with van der Waals surface area (Å²) in [4.78, 5) is 11.5. The first-order valence-corrected chi connectivity index (χ1v) is 5.65. The van der Waals surface area contributed by atoms with E-state index in [9.17, 15) is 4.79 Å². The van der Waals surface area contributed by atoms with Crippen LogP contribution in [0, 0.1) is 0 Å². The van der Waals surface area contributed by atoms with E-state index < -0.39 is 18.2 Å². The molecule has 0 aromatic heterocycles. The minimum atomic E-state index is -0.793. The predicted octanol–water partition coefficient (Wildman–Crippen LogP) is 2.58. The lowest BCUT2D eigenvalue weighted by atomic mass is 10.0. The molecule has 2 atom stereocenters. The third-order valence-corrected chi connectivity index (χ3v) is 3.04. The maximum absolute atomic E-state index is 11.5. The molecule has 1 aromatic carbocycles. The largest absolute Gasteiger partial charge is 0.467 e. The third kappa shape index (κ3) is 2.55. The van der Waals surface area contributed by atoms with Crippen molar-refractivity contribution in [2.75, 3.05) is 13.9 Å². The van der Waals surface area contributed by atoms with Crippen LogP contribution in [0.15, 0.2) is 18.2 Å². The zero-order valence-electron chi connectivity index (χ0n) is 8.98. The number of esters is 1. The number of carbonyl (C=O) groups excluding carboxylic acids is 1. The zero-order chi connectivity index (χ0) is 12.4. The minimum absolute atomic E-state index is 0.0311. The van der Waals surface area contributed by atoms with E-state index in [-0.39, 0.29) is 6.79 Å². The Morgan fingerprint density at radius 1 is 1.41 bits per heavy atom. The van der Waals surface area contributed by atoms with Crippen molar-refractivity contribution in [1.82, 2.24) is 0 Å². The lowest BCUT2D eigenvalue weighted by Gasteiger charge is -2.16. The molecule has 0 amide bonds. The Kier molecular flexibility index (Phi) is 3.89. The molecule has 0 aliphatic carbocycles. The topological polar surface area (TPSA) is 44.8 Å². The summed E-state index contributed by atoms with van der Waals surface area (Å²) in [5.74, 6) is -0.487. The number of benzene rings is 1. The SMILES string of the molecule is COC(=O)[C@@H]1OCO[C@H]1c1ccc(Cl)cc1Cl. The molecule has 4 nitrogen and oxygen atoms in total. The Balaban J connectivity index is 2.29. The quantitative estimate of drug-likeness (QED) is 0.779. The van der Waals surface area contributed by atoms with E-state index in [1.54, 1.807) is 18.2 Å². The third-order valence-electron chi connectivity index (χ3n) is 2.47. The molecule has 1 fully saturated rings. The van der Waals surface area contributed by atoms with E-state index in [0.29, 0.717) is 15.6 Å². The standard InChI is InChI=1S/C11H10Cl2O4/c1-15-11(14)10-9(16-5-17-10)7-3-2-6(12)4-8(7)13/h2-4,9-10H,5H2,1H3/t9-,10+/m0/s1. The fourth-order valence-corrected chi connectivity index (χ4v) is 2.17. The second-order valence-electron chi connectivity index (χ2n) is 3.48. The average Bonchev–Trinajstić information content (AvgIpc) is 2.77. The van der Waals surface area contributed by atoms with Crippen molar-refractivity contribution in [3.63, 3.8) is 0 Å². The molecule has 0 bridgehead atoms. The van der Waals surface area contributed by atoms with E-state index in [0.717, 1.165) is 0 Å².